The predicted octanol–water partition coefficient (Wildman–Crippen LogP) is 4.94. The number of nitrogens with one attached hydrogen (secondary N) is 1. The second-order valence-corrected chi connectivity index (χ2v) is 5.96. The van der Waals surface area contributed by atoms with Gasteiger partial charge >= 0.3 is 0 Å². The lowest BCUT2D eigenvalue weighted by molar-refractivity contribution is -0.120. The Morgan fingerprint density at radius 3 is 2.39 bits per heavy atom. The quantitative estimate of drug-likeness (QED) is 0.597. The molecule has 4 nitrogen and oxygen atoms in total. The maximum atomic E-state index is 11.8. The standard InChI is InChI=1S/C16H13Cl3N2O2/c1-10-2-4-11(5-3-10)8-20-23-9-15(22)21-16-13(18)6-12(17)7-14(16)19/h2-8H,9H2,1H3,(H,21,22)/b20-8-. The van der Waals surface area contributed by atoms with Gasteiger partial charge in [0.1, 0.15) is 0 Å². The number of anilines is 1. The Morgan fingerprint density at radius 1 is 1.17 bits per heavy atom. The minimum Gasteiger partial charge on any atom is -0.386 e. The molecule has 0 saturated carbocycles. The summed E-state index contributed by atoms with van der Waals surface area (Å²) in [7, 11) is 0. The van der Waals surface area contributed by atoms with Crippen LogP contribution in [0.2, 0.25) is 15.1 Å². The first-order valence-corrected chi connectivity index (χ1v) is 7.75. The number of hydrogen-bond acceptors (Lipinski definition) is 3. The maximum Gasteiger partial charge on any atom is 0.265 e. The van der Waals surface area contributed by atoms with E-state index in [9.17, 15) is 4.79 Å². The number of benzene rings is 2. The van der Waals surface area contributed by atoms with Gasteiger partial charge in [-0.3, -0.25) is 4.79 Å². The van der Waals surface area contributed by atoms with Crippen LogP contribution in [0.5, 0.6) is 0 Å². The first kappa shape index (κ1) is 17.6. The van der Waals surface area contributed by atoms with Gasteiger partial charge < -0.3 is 10.2 Å². The van der Waals surface area contributed by atoms with Crippen LogP contribution in [0.25, 0.3) is 0 Å². The van der Waals surface area contributed by atoms with Gasteiger partial charge in [-0.1, -0.05) is 69.8 Å². The van der Waals surface area contributed by atoms with Crippen LogP contribution in [0.3, 0.4) is 0 Å². The Hall–Kier alpha value is -1.75. The molecule has 23 heavy (non-hydrogen) atoms. The second-order valence-electron chi connectivity index (χ2n) is 4.71. The van der Waals surface area contributed by atoms with Gasteiger partial charge in [-0.2, -0.15) is 0 Å². The largest absolute Gasteiger partial charge is 0.386 e. The van der Waals surface area contributed by atoms with E-state index in [4.69, 9.17) is 39.6 Å². The molecule has 2 aromatic carbocycles. The van der Waals surface area contributed by atoms with Crippen LogP contribution in [0.4, 0.5) is 5.69 Å². The summed E-state index contributed by atoms with van der Waals surface area (Å²) < 4.78 is 0. The fourth-order valence-corrected chi connectivity index (χ4v) is 2.60. The average Bonchev–Trinajstić information content (AvgIpc) is 2.49. The molecule has 0 spiro atoms. The maximum absolute atomic E-state index is 11.8. The summed E-state index contributed by atoms with van der Waals surface area (Å²) in [6.07, 6.45) is 1.52. The van der Waals surface area contributed by atoms with Crippen LogP contribution >= 0.6 is 34.8 Å². The highest BCUT2D eigenvalue weighted by Crippen LogP contribution is 2.33. The summed E-state index contributed by atoms with van der Waals surface area (Å²) in [4.78, 5) is 16.7. The molecule has 0 aliphatic rings. The molecule has 1 N–H and O–H groups in total. The monoisotopic (exact) mass is 370 g/mol. The van der Waals surface area contributed by atoms with Gasteiger partial charge in [-0.25, -0.2) is 0 Å². The van der Waals surface area contributed by atoms with Crippen molar-refractivity contribution in [3.05, 3.63) is 62.6 Å². The Balaban J connectivity index is 1.87. The Morgan fingerprint density at radius 2 is 1.78 bits per heavy atom. The van der Waals surface area contributed by atoms with Crippen molar-refractivity contribution in [2.45, 2.75) is 6.92 Å². The lowest BCUT2D eigenvalue weighted by Crippen LogP contribution is -2.17. The van der Waals surface area contributed by atoms with E-state index >= 15 is 0 Å². The number of rotatable bonds is 5. The van der Waals surface area contributed by atoms with Crippen molar-refractivity contribution >= 4 is 52.6 Å². The van der Waals surface area contributed by atoms with Crippen LogP contribution in [0.1, 0.15) is 11.1 Å². The molecular formula is C16H13Cl3N2O2. The fourth-order valence-electron chi connectivity index (χ4n) is 1.68. The van der Waals surface area contributed by atoms with Crippen LogP contribution < -0.4 is 5.32 Å². The number of aryl methyl sites for hydroxylation is 1. The molecule has 0 saturated heterocycles. The van der Waals surface area contributed by atoms with E-state index in [1.54, 1.807) is 0 Å². The van der Waals surface area contributed by atoms with Gasteiger partial charge in [-0.05, 0) is 24.6 Å². The van der Waals surface area contributed by atoms with E-state index in [2.05, 4.69) is 10.5 Å². The molecule has 0 radical (unpaired) electrons. The van der Waals surface area contributed by atoms with Crippen molar-refractivity contribution in [3.63, 3.8) is 0 Å². The zero-order valence-corrected chi connectivity index (χ0v) is 14.4. The molecule has 2 aromatic rings. The molecule has 1 amide bonds. The molecule has 0 bridgehead atoms. The first-order valence-electron chi connectivity index (χ1n) is 6.62. The van der Waals surface area contributed by atoms with Crippen molar-refractivity contribution in [3.8, 4) is 0 Å². The Bertz CT molecular complexity index is 708. The minimum atomic E-state index is -0.433. The highest BCUT2D eigenvalue weighted by atomic mass is 35.5. The van der Waals surface area contributed by atoms with Gasteiger partial charge in [0, 0.05) is 5.02 Å². The fraction of sp³-hybridized carbons (Fsp3) is 0.125. The predicted molar refractivity (Wildman–Crippen MR) is 94.8 cm³/mol. The SMILES string of the molecule is Cc1ccc(/C=N\OCC(=O)Nc2c(Cl)cc(Cl)cc2Cl)cc1. The molecule has 0 aliphatic carbocycles. The zero-order chi connectivity index (χ0) is 16.8. The van der Waals surface area contributed by atoms with Gasteiger partial charge in [0.25, 0.3) is 5.91 Å². The Labute approximate surface area is 149 Å². The van der Waals surface area contributed by atoms with Crippen molar-refractivity contribution in [2.75, 3.05) is 11.9 Å². The summed E-state index contributed by atoms with van der Waals surface area (Å²) in [6, 6.07) is 10.7. The molecule has 2 rings (SSSR count). The summed E-state index contributed by atoms with van der Waals surface area (Å²) in [5, 5.41) is 7.17. The van der Waals surface area contributed by atoms with Crippen LogP contribution in [0, 0.1) is 6.92 Å². The number of hydrogen-bond donors (Lipinski definition) is 1. The summed E-state index contributed by atoms with van der Waals surface area (Å²) in [5.41, 5.74) is 2.31. The highest BCUT2D eigenvalue weighted by Gasteiger charge is 2.11. The number of amides is 1. The number of nitrogens with zero attached hydrogens (tertiary/aromatic N) is 1. The van der Waals surface area contributed by atoms with Crippen LogP contribution in [0.15, 0.2) is 41.6 Å². The van der Waals surface area contributed by atoms with E-state index in [0.717, 1.165) is 11.1 Å². The van der Waals surface area contributed by atoms with Crippen molar-refractivity contribution in [2.24, 2.45) is 5.16 Å². The molecule has 0 unspecified atom stereocenters. The third kappa shape index (κ3) is 5.43. The van der Waals surface area contributed by atoms with Crippen molar-refractivity contribution in [1.82, 2.24) is 0 Å². The van der Waals surface area contributed by atoms with E-state index in [1.165, 1.54) is 18.3 Å². The number of halogens is 3. The summed E-state index contributed by atoms with van der Waals surface area (Å²) in [5.74, 6) is -0.433. The van der Waals surface area contributed by atoms with Crippen LogP contribution in [-0.4, -0.2) is 18.7 Å². The van der Waals surface area contributed by atoms with Gasteiger partial charge in [-0.15, -0.1) is 0 Å². The summed E-state index contributed by atoms with van der Waals surface area (Å²) in [6.45, 7) is 1.73. The molecule has 7 heteroatoms. The third-order valence-electron chi connectivity index (χ3n) is 2.82. The third-order valence-corrected chi connectivity index (χ3v) is 3.64. The number of carbonyl (C=O) groups is 1. The lowest BCUT2D eigenvalue weighted by atomic mass is 10.2. The summed E-state index contributed by atoms with van der Waals surface area (Å²) >= 11 is 17.8. The molecule has 0 heterocycles. The average molecular weight is 372 g/mol. The van der Waals surface area contributed by atoms with Gasteiger partial charge in [0.2, 0.25) is 0 Å². The normalized spacial score (nSPS) is 10.8. The first-order chi connectivity index (χ1) is 11.0. The van der Waals surface area contributed by atoms with E-state index in [0.29, 0.717) is 5.02 Å². The molecule has 120 valence electrons. The molecule has 0 fully saturated rings. The van der Waals surface area contributed by atoms with Gasteiger partial charge in [0.05, 0.1) is 21.9 Å². The van der Waals surface area contributed by atoms with Gasteiger partial charge in [0.15, 0.2) is 6.61 Å². The van der Waals surface area contributed by atoms with E-state index in [-0.39, 0.29) is 22.3 Å². The smallest absolute Gasteiger partial charge is 0.265 e. The Kier molecular flexibility index (Phi) is 6.28. The minimum absolute atomic E-state index is 0.249. The molecule has 0 atom stereocenters. The molecule has 0 aliphatic heterocycles. The lowest BCUT2D eigenvalue weighted by Gasteiger charge is -2.09. The zero-order valence-electron chi connectivity index (χ0n) is 12.1. The second kappa shape index (κ2) is 8.20. The highest BCUT2D eigenvalue weighted by molar-refractivity contribution is 6.42. The van der Waals surface area contributed by atoms with Crippen LogP contribution in [-0.2, 0) is 9.63 Å². The molecule has 0 aromatic heterocycles. The van der Waals surface area contributed by atoms with E-state index < -0.39 is 5.91 Å². The van der Waals surface area contributed by atoms with Crippen molar-refractivity contribution < 1.29 is 9.63 Å². The van der Waals surface area contributed by atoms with Crippen molar-refractivity contribution in [1.29, 1.82) is 0 Å². The van der Waals surface area contributed by atoms with E-state index in [1.807, 2.05) is 31.2 Å². The number of oxime groups is 1. The molecular weight excluding hydrogens is 359 g/mol. The topological polar surface area (TPSA) is 50.7 Å². The number of carbonyl (C=O) groups excluding carboxylic acids is 1.